The van der Waals surface area contributed by atoms with E-state index in [0.717, 1.165) is 43.5 Å². The van der Waals surface area contributed by atoms with Crippen molar-refractivity contribution in [2.75, 3.05) is 6.54 Å². The van der Waals surface area contributed by atoms with E-state index in [1.807, 2.05) is 6.07 Å². The highest BCUT2D eigenvalue weighted by molar-refractivity contribution is 6.30. The number of halogens is 1. The van der Waals surface area contributed by atoms with Crippen LogP contribution in [0.1, 0.15) is 49.7 Å². The van der Waals surface area contributed by atoms with Crippen molar-refractivity contribution in [2.45, 2.75) is 56.0 Å². The molecule has 0 spiro atoms. The summed E-state index contributed by atoms with van der Waals surface area (Å²) in [6, 6.07) is 6.16. The minimum absolute atomic E-state index is 0.168. The second kappa shape index (κ2) is 4.76. The minimum Gasteiger partial charge on any atom is -0.389 e. The number of aliphatic hydroxyl groups is 1. The largest absolute Gasteiger partial charge is 0.389 e. The minimum atomic E-state index is -0.581. The normalized spacial score (nSPS) is 33.6. The van der Waals surface area contributed by atoms with E-state index in [4.69, 9.17) is 17.3 Å². The van der Waals surface area contributed by atoms with Gasteiger partial charge in [0.2, 0.25) is 0 Å². The Kier molecular flexibility index (Phi) is 3.36. The van der Waals surface area contributed by atoms with Crippen LogP contribution >= 0.6 is 11.6 Å². The third-order valence-electron chi connectivity index (χ3n) is 5.30. The Bertz CT molecular complexity index is 486. The lowest BCUT2D eigenvalue weighted by Crippen LogP contribution is -2.57. The maximum absolute atomic E-state index is 11.2. The highest BCUT2D eigenvalue weighted by Gasteiger charge is 2.54. The summed E-state index contributed by atoms with van der Waals surface area (Å²) in [6.07, 6.45) is 6.91. The van der Waals surface area contributed by atoms with Gasteiger partial charge in [0.25, 0.3) is 0 Å². The maximum Gasteiger partial charge on any atom is 0.0747 e. The van der Waals surface area contributed by atoms with E-state index in [1.54, 1.807) is 0 Å². The maximum atomic E-state index is 11.2. The quantitative estimate of drug-likeness (QED) is 0.873. The van der Waals surface area contributed by atoms with Crippen molar-refractivity contribution in [3.63, 3.8) is 0 Å². The van der Waals surface area contributed by atoms with Crippen molar-refractivity contribution in [1.29, 1.82) is 0 Å². The van der Waals surface area contributed by atoms with Crippen LogP contribution in [0.15, 0.2) is 18.2 Å². The molecule has 1 saturated carbocycles. The van der Waals surface area contributed by atoms with Crippen molar-refractivity contribution < 1.29 is 5.11 Å². The van der Waals surface area contributed by atoms with Crippen LogP contribution in [0.3, 0.4) is 0 Å². The van der Waals surface area contributed by atoms with Crippen LogP contribution in [-0.2, 0) is 11.8 Å². The monoisotopic (exact) mass is 279 g/mol. The topological polar surface area (TPSA) is 46.2 Å². The van der Waals surface area contributed by atoms with Gasteiger partial charge in [0, 0.05) is 10.4 Å². The van der Waals surface area contributed by atoms with Crippen molar-refractivity contribution >= 4 is 11.6 Å². The zero-order chi connectivity index (χ0) is 13.5. The highest BCUT2D eigenvalue weighted by atomic mass is 35.5. The lowest BCUT2D eigenvalue weighted by molar-refractivity contribution is -0.0862. The summed E-state index contributed by atoms with van der Waals surface area (Å²) in [5, 5.41) is 12.0. The van der Waals surface area contributed by atoms with E-state index in [0.29, 0.717) is 6.54 Å². The lowest BCUT2D eigenvalue weighted by atomic mass is 9.53. The molecule has 2 aliphatic carbocycles. The predicted molar refractivity (Wildman–Crippen MR) is 78.5 cm³/mol. The van der Waals surface area contributed by atoms with Crippen LogP contribution in [-0.4, -0.2) is 17.3 Å². The summed E-state index contributed by atoms with van der Waals surface area (Å²) in [7, 11) is 0. The van der Waals surface area contributed by atoms with E-state index in [1.165, 1.54) is 17.5 Å². The SMILES string of the molecule is NCC[C@@]12CCCC[C@]1(O)CCc1ccc(Cl)cc12. The Hall–Kier alpha value is -0.570. The van der Waals surface area contributed by atoms with Crippen molar-refractivity contribution in [2.24, 2.45) is 5.73 Å². The summed E-state index contributed by atoms with van der Waals surface area (Å²) in [4.78, 5) is 0. The molecule has 3 rings (SSSR count). The van der Waals surface area contributed by atoms with Crippen LogP contribution in [0.25, 0.3) is 0 Å². The molecular weight excluding hydrogens is 258 g/mol. The third kappa shape index (κ3) is 1.93. The number of hydrogen-bond donors (Lipinski definition) is 2. The Morgan fingerprint density at radius 3 is 2.79 bits per heavy atom. The Labute approximate surface area is 120 Å². The first-order chi connectivity index (χ1) is 9.11. The first kappa shape index (κ1) is 13.4. The molecule has 19 heavy (non-hydrogen) atoms. The lowest BCUT2D eigenvalue weighted by Gasteiger charge is -2.54. The highest BCUT2D eigenvalue weighted by Crippen LogP contribution is 2.54. The number of hydrogen-bond acceptors (Lipinski definition) is 2. The van der Waals surface area contributed by atoms with Gasteiger partial charge >= 0.3 is 0 Å². The summed E-state index contributed by atoms with van der Waals surface area (Å²) in [6.45, 7) is 0.619. The van der Waals surface area contributed by atoms with Gasteiger partial charge in [-0.05, 0) is 61.9 Å². The van der Waals surface area contributed by atoms with Crippen LogP contribution in [0.4, 0.5) is 0 Å². The predicted octanol–water partition coefficient (Wildman–Crippen LogP) is 3.18. The smallest absolute Gasteiger partial charge is 0.0747 e. The molecule has 0 saturated heterocycles. The fourth-order valence-corrected chi connectivity index (χ4v) is 4.53. The average molecular weight is 280 g/mol. The molecular formula is C16H22ClNO. The van der Waals surface area contributed by atoms with Gasteiger partial charge in [-0.25, -0.2) is 0 Å². The van der Waals surface area contributed by atoms with E-state index in [2.05, 4.69) is 12.1 Å². The van der Waals surface area contributed by atoms with E-state index >= 15 is 0 Å². The van der Waals surface area contributed by atoms with E-state index < -0.39 is 5.60 Å². The second-order valence-corrected chi connectivity index (χ2v) is 6.60. The summed E-state index contributed by atoms with van der Waals surface area (Å²) in [5.74, 6) is 0. The van der Waals surface area contributed by atoms with Crippen LogP contribution in [0, 0.1) is 0 Å². The zero-order valence-corrected chi connectivity index (χ0v) is 12.0. The van der Waals surface area contributed by atoms with Gasteiger partial charge in [-0.1, -0.05) is 30.5 Å². The fourth-order valence-electron chi connectivity index (χ4n) is 4.36. The summed E-state index contributed by atoms with van der Waals surface area (Å²) in [5.41, 5.74) is 7.74. The van der Waals surface area contributed by atoms with Gasteiger partial charge in [0.05, 0.1) is 5.60 Å². The second-order valence-electron chi connectivity index (χ2n) is 6.16. The first-order valence-electron chi connectivity index (χ1n) is 7.33. The molecule has 1 fully saturated rings. The van der Waals surface area contributed by atoms with Crippen LogP contribution in [0.2, 0.25) is 5.02 Å². The molecule has 0 amide bonds. The molecule has 3 N–H and O–H groups in total. The molecule has 3 heteroatoms. The average Bonchev–Trinajstić information content (AvgIpc) is 2.40. The molecule has 0 radical (unpaired) electrons. The molecule has 1 aromatic rings. The van der Waals surface area contributed by atoms with Gasteiger partial charge in [0.1, 0.15) is 0 Å². The molecule has 2 nitrogen and oxygen atoms in total. The molecule has 2 aliphatic rings. The third-order valence-corrected chi connectivity index (χ3v) is 5.54. The number of benzene rings is 1. The molecule has 0 unspecified atom stereocenters. The molecule has 1 aromatic carbocycles. The Morgan fingerprint density at radius 2 is 2.00 bits per heavy atom. The first-order valence-corrected chi connectivity index (χ1v) is 7.70. The van der Waals surface area contributed by atoms with Gasteiger partial charge in [0.15, 0.2) is 0 Å². The van der Waals surface area contributed by atoms with Gasteiger partial charge in [-0.15, -0.1) is 0 Å². The van der Waals surface area contributed by atoms with Gasteiger partial charge < -0.3 is 10.8 Å². The van der Waals surface area contributed by atoms with Gasteiger partial charge in [-0.3, -0.25) is 0 Å². The standard InChI is InChI=1S/C16H22ClNO/c17-13-4-3-12-5-8-16(19)7-2-1-6-15(16,9-10-18)14(12)11-13/h3-4,11,19H,1-2,5-10,18H2/t15-,16+/m1/s1. The Balaban J connectivity index is 2.17. The number of aryl methyl sites for hydroxylation is 1. The zero-order valence-electron chi connectivity index (χ0n) is 11.3. The van der Waals surface area contributed by atoms with Crippen molar-refractivity contribution in [3.8, 4) is 0 Å². The molecule has 0 aliphatic heterocycles. The van der Waals surface area contributed by atoms with E-state index in [9.17, 15) is 5.11 Å². The number of rotatable bonds is 2. The molecule has 2 atom stereocenters. The van der Waals surface area contributed by atoms with Crippen LogP contribution in [0.5, 0.6) is 0 Å². The Morgan fingerprint density at radius 1 is 1.21 bits per heavy atom. The number of nitrogens with two attached hydrogens (primary N) is 1. The molecule has 104 valence electrons. The molecule has 0 heterocycles. The summed E-state index contributed by atoms with van der Waals surface area (Å²) >= 11 is 6.20. The van der Waals surface area contributed by atoms with Crippen LogP contribution < -0.4 is 5.73 Å². The van der Waals surface area contributed by atoms with Crippen molar-refractivity contribution in [1.82, 2.24) is 0 Å². The van der Waals surface area contributed by atoms with E-state index in [-0.39, 0.29) is 5.41 Å². The molecule has 0 bridgehead atoms. The van der Waals surface area contributed by atoms with Crippen molar-refractivity contribution in [3.05, 3.63) is 34.3 Å². The molecule has 0 aromatic heterocycles. The van der Waals surface area contributed by atoms with Gasteiger partial charge in [-0.2, -0.15) is 0 Å². The number of fused-ring (bicyclic) bond motifs is 3. The summed E-state index contributed by atoms with van der Waals surface area (Å²) < 4.78 is 0. The fraction of sp³-hybridized carbons (Fsp3) is 0.625.